The van der Waals surface area contributed by atoms with Gasteiger partial charge in [0.2, 0.25) is 5.91 Å². The van der Waals surface area contributed by atoms with Gasteiger partial charge in [0.05, 0.1) is 7.11 Å². The van der Waals surface area contributed by atoms with E-state index in [-0.39, 0.29) is 25.5 Å². The molecule has 0 heterocycles. The molecule has 0 saturated carbocycles. The highest BCUT2D eigenvalue weighted by atomic mass is 19.1. The second-order valence-electron chi connectivity index (χ2n) is 7.37. The maximum Gasteiger partial charge on any atom is 0.261 e. The van der Waals surface area contributed by atoms with E-state index in [4.69, 9.17) is 9.47 Å². The summed E-state index contributed by atoms with van der Waals surface area (Å²) in [6.45, 7) is -0.414. The first-order valence-electron chi connectivity index (χ1n) is 10.6. The average Bonchev–Trinajstić information content (AvgIpc) is 2.86. The Kier molecular flexibility index (Phi) is 8.41. The summed E-state index contributed by atoms with van der Waals surface area (Å²) in [5.74, 6) is -0.359. The van der Waals surface area contributed by atoms with Gasteiger partial charge in [0.15, 0.2) is 18.1 Å². The number of nitrogens with zero attached hydrogens (tertiary/aromatic N) is 1. The summed E-state index contributed by atoms with van der Waals surface area (Å²) >= 11 is 0. The Bertz CT molecular complexity index is 1070. The van der Waals surface area contributed by atoms with Crippen molar-refractivity contribution in [3.63, 3.8) is 0 Å². The number of halogens is 1. The highest BCUT2D eigenvalue weighted by molar-refractivity contribution is 5.88. The molecule has 1 atom stereocenters. The van der Waals surface area contributed by atoms with E-state index in [1.165, 1.54) is 25.1 Å². The van der Waals surface area contributed by atoms with Crippen molar-refractivity contribution in [3.8, 4) is 11.5 Å². The fourth-order valence-electron chi connectivity index (χ4n) is 3.49. The third kappa shape index (κ3) is 6.32. The second-order valence-corrected chi connectivity index (χ2v) is 7.37. The van der Waals surface area contributed by atoms with Crippen molar-refractivity contribution in [2.45, 2.75) is 19.0 Å². The van der Waals surface area contributed by atoms with Gasteiger partial charge < -0.3 is 19.7 Å². The van der Waals surface area contributed by atoms with Gasteiger partial charge in [0.1, 0.15) is 11.9 Å². The summed E-state index contributed by atoms with van der Waals surface area (Å²) in [6.07, 6.45) is 0.273. The summed E-state index contributed by atoms with van der Waals surface area (Å²) in [4.78, 5) is 27.6. The maximum atomic E-state index is 14.4. The number of nitrogens with one attached hydrogen (secondary N) is 1. The molecule has 0 bridgehead atoms. The molecule has 0 saturated heterocycles. The van der Waals surface area contributed by atoms with E-state index in [9.17, 15) is 14.0 Å². The quantitative estimate of drug-likeness (QED) is 0.513. The molecule has 172 valence electrons. The third-order valence-electron chi connectivity index (χ3n) is 5.24. The zero-order valence-corrected chi connectivity index (χ0v) is 18.7. The fourth-order valence-corrected chi connectivity index (χ4v) is 3.49. The van der Waals surface area contributed by atoms with E-state index in [0.717, 1.165) is 5.56 Å². The third-order valence-corrected chi connectivity index (χ3v) is 5.24. The van der Waals surface area contributed by atoms with Crippen molar-refractivity contribution in [1.29, 1.82) is 0 Å². The summed E-state index contributed by atoms with van der Waals surface area (Å²) in [5, 5.41) is 2.63. The molecule has 0 spiro atoms. The van der Waals surface area contributed by atoms with Crippen LogP contribution in [0.3, 0.4) is 0 Å². The van der Waals surface area contributed by atoms with Crippen LogP contribution in [0.4, 0.5) is 4.39 Å². The summed E-state index contributed by atoms with van der Waals surface area (Å²) in [6, 6.07) is 21.7. The number of ether oxygens (including phenoxy) is 2. The van der Waals surface area contributed by atoms with Crippen molar-refractivity contribution in [2.24, 2.45) is 0 Å². The van der Waals surface area contributed by atoms with Gasteiger partial charge in [-0.25, -0.2) is 4.39 Å². The Balaban J connectivity index is 1.90. The molecule has 0 aromatic heterocycles. The zero-order chi connectivity index (χ0) is 23.6. The van der Waals surface area contributed by atoms with Crippen LogP contribution >= 0.6 is 0 Å². The van der Waals surface area contributed by atoms with Crippen molar-refractivity contribution in [1.82, 2.24) is 10.2 Å². The van der Waals surface area contributed by atoms with Crippen molar-refractivity contribution in [3.05, 3.63) is 95.8 Å². The van der Waals surface area contributed by atoms with Crippen molar-refractivity contribution >= 4 is 11.8 Å². The van der Waals surface area contributed by atoms with E-state index in [1.807, 2.05) is 30.3 Å². The van der Waals surface area contributed by atoms with Crippen LogP contribution in [0.15, 0.2) is 78.9 Å². The molecule has 3 aromatic rings. The number of carbonyl (C=O) groups excluding carboxylic acids is 2. The Morgan fingerprint density at radius 1 is 0.939 bits per heavy atom. The Morgan fingerprint density at radius 3 is 2.24 bits per heavy atom. The smallest absolute Gasteiger partial charge is 0.261 e. The van der Waals surface area contributed by atoms with Gasteiger partial charge >= 0.3 is 0 Å². The first-order valence-corrected chi connectivity index (χ1v) is 10.6. The summed E-state index contributed by atoms with van der Waals surface area (Å²) in [7, 11) is 3.02. The van der Waals surface area contributed by atoms with E-state index < -0.39 is 17.8 Å². The van der Waals surface area contributed by atoms with Crippen molar-refractivity contribution in [2.75, 3.05) is 20.8 Å². The highest BCUT2D eigenvalue weighted by Gasteiger charge is 2.30. The van der Waals surface area contributed by atoms with Gasteiger partial charge in [-0.3, -0.25) is 9.59 Å². The Hall–Kier alpha value is -3.87. The summed E-state index contributed by atoms with van der Waals surface area (Å²) in [5.41, 5.74) is 1.19. The van der Waals surface area contributed by atoms with Crippen LogP contribution in [0, 0.1) is 5.82 Å². The van der Waals surface area contributed by atoms with Crippen LogP contribution in [0.2, 0.25) is 0 Å². The molecule has 0 aliphatic rings. The summed E-state index contributed by atoms with van der Waals surface area (Å²) < 4.78 is 25.4. The molecule has 0 radical (unpaired) electrons. The SMILES string of the molecule is CNC(=O)[C@@H](Cc1ccccc1)N(Cc1ccccc1F)C(=O)COc1ccccc1OC. The number of likely N-dealkylation sites (N-methyl/N-ethyl adjacent to an activating group) is 1. The number of amides is 2. The monoisotopic (exact) mass is 450 g/mol. The molecule has 0 unspecified atom stereocenters. The predicted octanol–water partition coefficient (Wildman–Crippen LogP) is 3.60. The molecular formula is C26H27FN2O4. The lowest BCUT2D eigenvalue weighted by molar-refractivity contribution is -0.142. The number of carbonyl (C=O) groups is 2. The van der Waals surface area contributed by atoms with Crippen LogP contribution in [-0.4, -0.2) is 43.5 Å². The average molecular weight is 451 g/mol. The lowest BCUT2D eigenvalue weighted by Crippen LogP contribution is -2.51. The molecular weight excluding hydrogens is 423 g/mol. The Morgan fingerprint density at radius 2 is 1.58 bits per heavy atom. The number of benzene rings is 3. The fraction of sp³-hybridized carbons (Fsp3) is 0.231. The van der Waals surface area contributed by atoms with Crippen molar-refractivity contribution < 1.29 is 23.5 Å². The standard InChI is InChI=1S/C26H27FN2O4/c1-28-26(31)22(16-19-10-4-3-5-11-19)29(17-20-12-6-7-13-21(20)27)25(30)18-33-24-15-9-8-14-23(24)32-2/h3-15,22H,16-18H2,1-2H3,(H,28,31)/t22-/m1/s1. The van der Waals surface area contributed by atoms with Gasteiger partial charge in [-0.05, 0) is 23.8 Å². The predicted molar refractivity (Wildman–Crippen MR) is 123 cm³/mol. The van der Waals surface area contributed by atoms with Gasteiger partial charge in [-0.1, -0.05) is 60.7 Å². The van der Waals surface area contributed by atoms with E-state index >= 15 is 0 Å². The maximum absolute atomic E-state index is 14.4. The minimum atomic E-state index is -0.856. The molecule has 0 aliphatic carbocycles. The first kappa shape index (κ1) is 23.8. The lowest BCUT2D eigenvalue weighted by atomic mass is 10.0. The van der Waals surface area contributed by atoms with E-state index in [1.54, 1.807) is 42.5 Å². The number of para-hydroxylation sites is 2. The van der Waals surface area contributed by atoms with Crippen LogP contribution < -0.4 is 14.8 Å². The molecule has 1 N–H and O–H groups in total. The molecule has 2 amide bonds. The molecule has 3 rings (SSSR count). The molecule has 3 aromatic carbocycles. The molecule has 6 nitrogen and oxygen atoms in total. The number of methoxy groups -OCH3 is 1. The van der Waals surface area contributed by atoms with Gasteiger partial charge in [0.25, 0.3) is 5.91 Å². The Labute approximate surface area is 192 Å². The number of hydrogen-bond donors (Lipinski definition) is 1. The lowest BCUT2D eigenvalue weighted by Gasteiger charge is -2.31. The van der Waals surface area contributed by atoms with Crippen LogP contribution in [-0.2, 0) is 22.6 Å². The normalized spacial score (nSPS) is 11.4. The number of hydrogen-bond acceptors (Lipinski definition) is 4. The minimum Gasteiger partial charge on any atom is -0.493 e. The topological polar surface area (TPSA) is 67.9 Å². The van der Waals surface area contributed by atoms with Gasteiger partial charge in [-0.2, -0.15) is 0 Å². The van der Waals surface area contributed by atoms with Crippen LogP contribution in [0.1, 0.15) is 11.1 Å². The largest absolute Gasteiger partial charge is 0.493 e. The first-order chi connectivity index (χ1) is 16.0. The second kappa shape index (κ2) is 11.7. The highest BCUT2D eigenvalue weighted by Crippen LogP contribution is 2.26. The van der Waals surface area contributed by atoms with Gasteiger partial charge in [-0.15, -0.1) is 0 Å². The van der Waals surface area contributed by atoms with E-state index in [2.05, 4.69) is 5.32 Å². The van der Waals surface area contributed by atoms with E-state index in [0.29, 0.717) is 17.1 Å². The van der Waals surface area contributed by atoms with Crippen LogP contribution in [0.5, 0.6) is 11.5 Å². The van der Waals surface area contributed by atoms with Gasteiger partial charge in [0, 0.05) is 25.6 Å². The minimum absolute atomic E-state index is 0.0777. The number of rotatable bonds is 10. The molecule has 0 fully saturated rings. The van der Waals surface area contributed by atoms with Crippen LogP contribution in [0.25, 0.3) is 0 Å². The molecule has 0 aliphatic heterocycles. The zero-order valence-electron chi connectivity index (χ0n) is 18.7. The molecule has 7 heteroatoms. The molecule has 33 heavy (non-hydrogen) atoms.